The van der Waals surface area contributed by atoms with Crippen molar-refractivity contribution in [1.82, 2.24) is 0 Å². The Hall–Kier alpha value is -0.600. The Morgan fingerprint density at radius 2 is 1.61 bits per heavy atom. The summed E-state index contributed by atoms with van der Waals surface area (Å²) in [5.74, 6) is 3.49. The van der Waals surface area contributed by atoms with Gasteiger partial charge in [-0.2, -0.15) is 0 Å². The quantitative estimate of drug-likeness (QED) is 0.676. The van der Waals surface area contributed by atoms with E-state index in [1.165, 1.54) is 0 Å². The Morgan fingerprint density at radius 1 is 1.06 bits per heavy atom. The van der Waals surface area contributed by atoms with Crippen molar-refractivity contribution in [2.45, 2.75) is 39.8 Å². The molecule has 0 N–H and O–H groups in total. The molecule has 2 fully saturated rings. The average Bonchev–Trinajstić information content (AvgIpc) is 2.41. The molecule has 2 aliphatic rings. The van der Waals surface area contributed by atoms with Gasteiger partial charge in [-0.3, -0.25) is 0 Å². The summed E-state index contributed by atoms with van der Waals surface area (Å²) in [6.45, 7) is 9.34. The fourth-order valence-corrected chi connectivity index (χ4v) is 1.57. The van der Waals surface area contributed by atoms with E-state index in [0.29, 0.717) is 11.8 Å². The lowest BCUT2D eigenvalue weighted by Gasteiger charge is -2.26. The summed E-state index contributed by atoms with van der Waals surface area (Å²) in [6, 6.07) is 0. The molecule has 2 saturated heterocycles. The molecule has 4 nitrogen and oxygen atoms in total. The topological polar surface area (TPSA) is 36.9 Å². The largest absolute Gasteiger partial charge is 0.353 e. The minimum Gasteiger partial charge on any atom is -0.353 e. The van der Waals surface area contributed by atoms with Crippen molar-refractivity contribution in [3.05, 3.63) is 0 Å². The molecule has 0 aromatic heterocycles. The van der Waals surface area contributed by atoms with Gasteiger partial charge in [0.1, 0.15) is 0 Å². The number of hydrogen-bond acceptors (Lipinski definition) is 4. The van der Waals surface area contributed by atoms with Crippen LogP contribution in [0.4, 0.5) is 0 Å². The lowest BCUT2D eigenvalue weighted by Crippen LogP contribution is -2.29. The minimum absolute atomic E-state index is 0. The second-order valence-corrected chi connectivity index (χ2v) is 4.78. The summed E-state index contributed by atoms with van der Waals surface area (Å²) in [5, 5.41) is 0. The van der Waals surface area contributed by atoms with Crippen LogP contribution in [0.1, 0.15) is 28.6 Å². The summed E-state index contributed by atoms with van der Waals surface area (Å²) < 4.78 is 20.7. The molecule has 0 aromatic carbocycles. The minimum atomic E-state index is -0.402. The van der Waals surface area contributed by atoms with E-state index in [9.17, 15) is 0 Å². The summed E-state index contributed by atoms with van der Waals surface area (Å²) in [7, 11) is 0. The zero-order valence-electron chi connectivity index (χ0n) is 11.6. The van der Waals surface area contributed by atoms with Crippen molar-refractivity contribution in [3.8, 4) is 12.3 Å². The van der Waals surface area contributed by atoms with E-state index in [2.05, 4.69) is 19.8 Å². The molecule has 0 amide bonds. The van der Waals surface area contributed by atoms with Crippen LogP contribution in [0.3, 0.4) is 0 Å². The molecule has 0 unspecified atom stereocenters. The molecule has 2 aliphatic heterocycles. The molecular weight excluding hydrogens is 232 g/mol. The summed E-state index contributed by atoms with van der Waals surface area (Å²) in [4.78, 5) is 0. The van der Waals surface area contributed by atoms with Gasteiger partial charge in [-0.05, 0) is 19.3 Å². The predicted octanol–water partition coefficient (Wildman–Crippen LogP) is 2.28. The van der Waals surface area contributed by atoms with E-state index in [-0.39, 0.29) is 7.72 Å². The number of rotatable bonds is 1. The molecule has 106 valence electrons. The van der Waals surface area contributed by atoms with Gasteiger partial charge in [0.15, 0.2) is 6.29 Å². The number of terminal acetylenes is 1. The fraction of sp³-hybridized carbons (Fsp3) is 0.857. The van der Waals surface area contributed by atoms with Gasteiger partial charge in [-0.1, -0.05) is 13.8 Å². The molecule has 2 heterocycles. The highest BCUT2D eigenvalue weighted by molar-refractivity contribution is 4.90. The van der Waals surface area contributed by atoms with Crippen molar-refractivity contribution in [1.29, 1.82) is 0 Å². The molecule has 4 heteroatoms. The van der Waals surface area contributed by atoms with Gasteiger partial charge in [0.25, 0.3) is 0 Å². The average molecular weight is 258 g/mol. The molecule has 0 bridgehead atoms. The van der Waals surface area contributed by atoms with Crippen LogP contribution < -0.4 is 0 Å². The van der Waals surface area contributed by atoms with Crippen LogP contribution in [0, 0.1) is 24.2 Å². The lowest BCUT2D eigenvalue weighted by molar-refractivity contribution is -0.190. The van der Waals surface area contributed by atoms with Gasteiger partial charge in [0, 0.05) is 13.3 Å². The Kier molecular flexibility index (Phi) is 7.29. The highest BCUT2D eigenvalue weighted by Crippen LogP contribution is 2.12. The lowest BCUT2D eigenvalue weighted by atomic mass is 10.1. The van der Waals surface area contributed by atoms with Crippen LogP contribution in [0.15, 0.2) is 0 Å². The second-order valence-electron chi connectivity index (χ2n) is 4.78. The SMILES string of the molecule is C#CC1OCC(C)CO1.CCC1COC(C)OC1.[HH]. The van der Waals surface area contributed by atoms with Gasteiger partial charge in [-0.25, -0.2) is 0 Å². The van der Waals surface area contributed by atoms with E-state index in [4.69, 9.17) is 25.4 Å². The molecule has 0 radical (unpaired) electrons. The normalized spacial score (nSPS) is 36.1. The van der Waals surface area contributed by atoms with Gasteiger partial charge in [0.2, 0.25) is 6.29 Å². The zero-order chi connectivity index (χ0) is 13.4. The highest BCUT2D eigenvalue weighted by Gasteiger charge is 2.16. The Bertz CT molecular complexity index is 251. The first kappa shape index (κ1) is 15.5. The molecule has 18 heavy (non-hydrogen) atoms. The Morgan fingerprint density at radius 3 is 2.06 bits per heavy atom. The van der Waals surface area contributed by atoms with E-state index in [0.717, 1.165) is 32.8 Å². The van der Waals surface area contributed by atoms with Crippen LogP contribution in [0.2, 0.25) is 0 Å². The number of ether oxygens (including phenoxy) is 4. The summed E-state index contributed by atoms with van der Waals surface area (Å²) >= 11 is 0. The van der Waals surface area contributed by atoms with Crippen LogP contribution >= 0.6 is 0 Å². The maximum absolute atomic E-state index is 5.26. The van der Waals surface area contributed by atoms with Gasteiger partial charge < -0.3 is 18.9 Å². The third-order valence-corrected chi connectivity index (χ3v) is 2.91. The highest BCUT2D eigenvalue weighted by atomic mass is 16.7. The van der Waals surface area contributed by atoms with E-state index >= 15 is 0 Å². The predicted molar refractivity (Wildman–Crippen MR) is 71.0 cm³/mol. The van der Waals surface area contributed by atoms with Crippen molar-refractivity contribution < 1.29 is 20.4 Å². The van der Waals surface area contributed by atoms with Crippen LogP contribution in [-0.4, -0.2) is 39.0 Å². The van der Waals surface area contributed by atoms with Crippen molar-refractivity contribution in [2.75, 3.05) is 26.4 Å². The van der Waals surface area contributed by atoms with Crippen molar-refractivity contribution in [2.24, 2.45) is 11.8 Å². The standard InChI is InChI=1S/C7H14O2.C7H10O2.H2/c1-3-7-4-8-6(2)9-5-7;1-3-7-8-4-6(2)5-9-7;/h6-7H,3-5H2,1-2H3;1,6-7H,4-5H2,2H3;1H. The second kappa shape index (κ2) is 8.49. The molecule has 0 aromatic rings. The van der Waals surface area contributed by atoms with Crippen LogP contribution in [-0.2, 0) is 18.9 Å². The van der Waals surface area contributed by atoms with E-state index in [1.807, 2.05) is 6.92 Å². The molecular formula is C14H26O4. The van der Waals surface area contributed by atoms with Crippen LogP contribution in [0.25, 0.3) is 0 Å². The first-order valence-corrected chi connectivity index (χ1v) is 6.58. The van der Waals surface area contributed by atoms with Gasteiger partial charge in [0.05, 0.1) is 26.4 Å². The van der Waals surface area contributed by atoms with Gasteiger partial charge >= 0.3 is 0 Å². The first-order valence-electron chi connectivity index (χ1n) is 6.58. The van der Waals surface area contributed by atoms with Crippen LogP contribution in [0.5, 0.6) is 0 Å². The maximum Gasteiger partial charge on any atom is 0.222 e. The van der Waals surface area contributed by atoms with E-state index in [1.54, 1.807) is 0 Å². The van der Waals surface area contributed by atoms with Crippen molar-refractivity contribution >= 4 is 0 Å². The third-order valence-electron chi connectivity index (χ3n) is 2.91. The summed E-state index contributed by atoms with van der Waals surface area (Å²) in [6.07, 6.45) is 5.83. The molecule has 0 saturated carbocycles. The maximum atomic E-state index is 5.26. The molecule has 0 spiro atoms. The van der Waals surface area contributed by atoms with Crippen molar-refractivity contribution in [3.63, 3.8) is 0 Å². The third kappa shape index (κ3) is 5.83. The fourth-order valence-electron chi connectivity index (χ4n) is 1.57. The monoisotopic (exact) mass is 258 g/mol. The zero-order valence-corrected chi connectivity index (χ0v) is 11.6. The summed E-state index contributed by atoms with van der Waals surface area (Å²) in [5.41, 5.74) is 0. The number of hydrogen-bond donors (Lipinski definition) is 0. The first-order chi connectivity index (χ1) is 8.65. The molecule has 2 rings (SSSR count). The smallest absolute Gasteiger partial charge is 0.222 e. The molecule has 0 atom stereocenters. The van der Waals surface area contributed by atoms with Gasteiger partial charge in [-0.15, -0.1) is 6.42 Å². The van der Waals surface area contributed by atoms with E-state index < -0.39 is 6.29 Å². The molecule has 0 aliphatic carbocycles. The Balaban J connectivity index is 0.000000324. The Labute approximate surface area is 111 Å².